The molecule has 1 aromatic carbocycles. The molecular formula is C39H62FIN6O4Si2. The Kier molecular flexibility index (Phi) is 12.8. The topological polar surface area (TPSA) is 104 Å². The predicted octanol–water partition coefficient (Wildman–Crippen LogP) is 9.98. The minimum Gasteiger partial charge on any atom is -0.444 e. The van der Waals surface area contributed by atoms with Crippen LogP contribution in [0.3, 0.4) is 0 Å². The molecule has 0 radical (unpaired) electrons. The Hall–Kier alpha value is -2.15. The first-order valence-electron chi connectivity index (χ1n) is 19.3. The number of benzene rings is 1. The van der Waals surface area contributed by atoms with E-state index in [1.807, 2.05) is 31.5 Å². The highest BCUT2D eigenvalue weighted by Gasteiger charge is 2.50. The average Bonchev–Trinajstić information content (AvgIpc) is 3.49. The number of rotatable bonds is 13. The zero-order valence-electron chi connectivity index (χ0n) is 34.0. The number of ether oxygens (including phenoxy) is 2. The van der Waals surface area contributed by atoms with Crippen LogP contribution in [-0.4, -0.2) is 67.5 Å². The molecule has 1 aliphatic carbocycles. The van der Waals surface area contributed by atoms with Crippen molar-refractivity contribution in [2.24, 2.45) is 5.41 Å². The van der Waals surface area contributed by atoms with Crippen molar-refractivity contribution in [1.29, 1.82) is 0 Å². The maximum absolute atomic E-state index is 14.5. The molecule has 14 heteroatoms. The Morgan fingerprint density at radius 2 is 1.70 bits per heavy atom. The van der Waals surface area contributed by atoms with Gasteiger partial charge in [0.25, 0.3) is 0 Å². The van der Waals surface area contributed by atoms with E-state index in [-0.39, 0.29) is 17.3 Å². The van der Waals surface area contributed by atoms with Gasteiger partial charge in [0.2, 0.25) is 8.32 Å². The number of hydrogen-bond acceptors (Lipinski definition) is 8. The van der Waals surface area contributed by atoms with Crippen LogP contribution < -0.4 is 10.2 Å². The van der Waals surface area contributed by atoms with E-state index in [0.717, 1.165) is 50.7 Å². The molecule has 1 amide bonds. The van der Waals surface area contributed by atoms with Crippen LogP contribution in [0.4, 0.5) is 15.0 Å². The molecular weight excluding hydrogens is 819 g/mol. The summed E-state index contributed by atoms with van der Waals surface area (Å²) < 4.78 is 36.1. The second-order valence-corrected chi connectivity index (χ2v) is 30.5. The Bertz CT molecular complexity index is 1740. The monoisotopic (exact) mass is 880 g/mol. The van der Waals surface area contributed by atoms with Gasteiger partial charge in [0.05, 0.1) is 12.6 Å². The summed E-state index contributed by atoms with van der Waals surface area (Å²) in [5, 5.41) is 8.03. The lowest BCUT2D eigenvalue weighted by molar-refractivity contribution is 0.0428. The third kappa shape index (κ3) is 9.29. The van der Waals surface area contributed by atoms with E-state index in [0.29, 0.717) is 61.7 Å². The smallest absolute Gasteiger partial charge is 0.408 e. The van der Waals surface area contributed by atoms with Crippen molar-refractivity contribution in [3.05, 3.63) is 44.5 Å². The molecule has 2 aliphatic rings. The van der Waals surface area contributed by atoms with E-state index < -0.39 is 28.1 Å². The number of fused-ring (bicyclic) bond motifs is 2. The lowest BCUT2D eigenvalue weighted by Crippen LogP contribution is -2.48. The summed E-state index contributed by atoms with van der Waals surface area (Å²) in [6, 6.07) is 5.72. The molecule has 1 fully saturated rings. The number of alkyl carbamates (subject to hydrolysis) is 1. The van der Waals surface area contributed by atoms with Gasteiger partial charge >= 0.3 is 6.09 Å². The van der Waals surface area contributed by atoms with Crippen LogP contribution in [-0.2, 0) is 33.7 Å². The molecule has 1 spiro atoms. The summed E-state index contributed by atoms with van der Waals surface area (Å²) in [7, 11) is -3.46. The maximum atomic E-state index is 14.5. The van der Waals surface area contributed by atoms with Crippen molar-refractivity contribution in [2.45, 2.75) is 149 Å². The van der Waals surface area contributed by atoms with E-state index in [9.17, 15) is 9.18 Å². The van der Waals surface area contributed by atoms with E-state index in [1.165, 1.54) is 6.07 Å². The first-order valence-corrected chi connectivity index (χ1v) is 26.3. The standard InChI is InChI=1S/C39H62FIN6O4Si2/c1-25(2)53(26(3)4,27(5)6)50-23-31-35(44-36-32(42-31)34(41)45-47(36)24-49-19-20-52(10,11)12)46-17-15-39(16-18-46)22-28-21-29(40)13-14-30(28)33(39)43-37(48)51-38(7,8)9/h13-14,21,25-27,33H,15-20,22-24H2,1-12H3,(H,43,48)/t33-/m1/s1. The number of aromatic nitrogens is 4. The number of amides is 1. The molecule has 1 aliphatic heterocycles. The van der Waals surface area contributed by atoms with Crippen molar-refractivity contribution in [3.63, 3.8) is 0 Å². The van der Waals surface area contributed by atoms with E-state index >= 15 is 0 Å². The number of anilines is 1. The van der Waals surface area contributed by atoms with Crippen LogP contribution in [0.1, 0.15) is 98.0 Å². The number of hydrogen-bond donors (Lipinski definition) is 1. The normalized spacial score (nSPS) is 17.8. The summed E-state index contributed by atoms with van der Waals surface area (Å²) >= 11 is 2.26. The number of nitrogens with zero attached hydrogens (tertiary/aromatic N) is 5. The van der Waals surface area contributed by atoms with E-state index in [4.69, 9.17) is 29.0 Å². The molecule has 3 aromatic rings. The number of carbonyl (C=O) groups is 1. The second kappa shape index (κ2) is 16.1. The van der Waals surface area contributed by atoms with Gasteiger partial charge < -0.3 is 24.1 Å². The molecule has 3 heterocycles. The van der Waals surface area contributed by atoms with Gasteiger partial charge in [0, 0.05) is 33.2 Å². The van der Waals surface area contributed by atoms with Crippen LogP contribution >= 0.6 is 22.6 Å². The fourth-order valence-electron chi connectivity index (χ4n) is 8.74. The molecule has 2 aromatic heterocycles. The Balaban J connectivity index is 1.49. The number of halogens is 2. The van der Waals surface area contributed by atoms with Crippen molar-refractivity contribution in [3.8, 4) is 0 Å². The Morgan fingerprint density at radius 1 is 1.06 bits per heavy atom. The van der Waals surface area contributed by atoms with Gasteiger partial charge in [-0.2, -0.15) is 5.10 Å². The van der Waals surface area contributed by atoms with Crippen molar-refractivity contribution in [1.82, 2.24) is 25.1 Å². The van der Waals surface area contributed by atoms with Crippen LogP contribution in [0.2, 0.25) is 42.3 Å². The summed E-state index contributed by atoms with van der Waals surface area (Å²) in [6.45, 7) is 29.2. The highest BCUT2D eigenvalue weighted by atomic mass is 127. The van der Waals surface area contributed by atoms with Crippen molar-refractivity contribution >= 4 is 62.1 Å². The summed E-state index contributed by atoms with van der Waals surface area (Å²) in [5.41, 5.74) is 4.55. The summed E-state index contributed by atoms with van der Waals surface area (Å²) in [5.74, 6) is 0.548. The Morgan fingerprint density at radius 3 is 2.28 bits per heavy atom. The van der Waals surface area contributed by atoms with Gasteiger partial charge in [0.15, 0.2) is 15.2 Å². The van der Waals surface area contributed by atoms with Crippen LogP contribution in [0.25, 0.3) is 11.2 Å². The fraction of sp³-hybridized carbons (Fsp3) is 0.692. The van der Waals surface area contributed by atoms with Gasteiger partial charge in [-0.3, -0.25) is 0 Å². The molecule has 0 saturated carbocycles. The third-order valence-corrected chi connectivity index (χ3v) is 19.7. The summed E-state index contributed by atoms with van der Waals surface area (Å²) in [4.78, 5) is 26.1. The molecule has 1 atom stereocenters. The summed E-state index contributed by atoms with van der Waals surface area (Å²) in [6.07, 6.45) is 1.76. The van der Waals surface area contributed by atoms with Crippen LogP contribution in [0.15, 0.2) is 18.2 Å². The first kappa shape index (κ1) is 42.0. The average molecular weight is 881 g/mol. The molecule has 5 rings (SSSR count). The quantitative estimate of drug-likeness (QED) is 0.103. The molecule has 1 N–H and O–H groups in total. The lowest BCUT2D eigenvalue weighted by Gasteiger charge is -2.44. The highest BCUT2D eigenvalue weighted by Crippen LogP contribution is 2.53. The Labute approximate surface area is 332 Å². The maximum Gasteiger partial charge on any atom is 0.408 e. The zero-order valence-corrected chi connectivity index (χ0v) is 38.2. The minimum absolute atomic E-state index is 0.262. The van der Waals surface area contributed by atoms with Gasteiger partial charge in [-0.15, -0.1) is 0 Å². The van der Waals surface area contributed by atoms with Gasteiger partial charge in [-0.05, 0) is 109 Å². The molecule has 0 unspecified atom stereocenters. The second-order valence-electron chi connectivity index (χ2n) is 18.4. The molecule has 10 nitrogen and oxygen atoms in total. The van der Waals surface area contributed by atoms with Gasteiger partial charge in [-0.25, -0.2) is 23.8 Å². The SMILES string of the molecule is CC(C)[Si](OCc1nc2c(I)nn(COCC[Si](C)(C)C)c2nc1N1CCC2(CC1)Cc1cc(F)ccc1[C@H]2NC(=O)OC(C)(C)C)(C(C)C)C(C)C. The molecule has 0 bridgehead atoms. The highest BCUT2D eigenvalue weighted by molar-refractivity contribution is 14.1. The lowest BCUT2D eigenvalue weighted by atomic mass is 9.72. The molecule has 53 heavy (non-hydrogen) atoms. The number of piperidine rings is 1. The van der Waals surface area contributed by atoms with Crippen molar-refractivity contribution in [2.75, 3.05) is 24.6 Å². The minimum atomic E-state index is -2.21. The number of carbonyl (C=O) groups excluding carboxylic acids is 1. The first-order chi connectivity index (χ1) is 24.7. The third-order valence-electron chi connectivity index (χ3n) is 11.2. The molecule has 1 saturated heterocycles. The van der Waals surface area contributed by atoms with E-state index in [1.54, 1.807) is 6.07 Å². The largest absolute Gasteiger partial charge is 0.444 e. The van der Waals surface area contributed by atoms with Gasteiger partial charge in [-0.1, -0.05) is 67.2 Å². The molecule has 294 valence electrons. The van der Waals surface area contributed by atoms with Gasteiger partial charge in [0.1, 0.15) is 29.4 Å². The van der Waals surface area contributed by atoms with Crippen molar-refractivity contribution < 1.29 is 23.1 Å². The van der Waals surface area contributed by atoms with E-state index in [2.05, 4.69) is 94.0 Å². The zero-order chi connectivity index (χ0) is 39.1. The van der Waals surface area contributed by atoms with Crippen LogP contribution in [0.5, 0.6) is 0 Å². The predicted molar refractivity (Wildman–Crippen MR) is 224 cm³/mol. The number of nitrogens with one attached hydrogen (secondary N) is 1. The van der Waals surface area contributed by atoms with Crippen LogP contribution in [0, 0.1) is 14.9 Å². The fourth-order valence-corrected chi connectivity index (χ4v) is 15.5.